The van der Waals surface area contributed by atoms with Crippen molar-refractivity contribution in [1.29, 1.82) is 0 Å². The SMILES string of the molecule is c1ccc(C(c2ccccc2)(c2ccccc2)n2cnc([C@H]3CCCC(CCCOCCCC4CCC[C@H](c5cn(C(c6ccccc6)(c6ccccc6)c6ccccc6)cn5)[C@H]4C4CC4)[C@@H]3C3CC3)c2)cc1. The number of nitrogens with zero attached hydrogens (tertiary/aromatic N) is 4. The van der Waals surface area contributed by atoms with Crippen molar-refractivity contribution in [2.24, 2.45) is 35.5 Å². The van der Waals surface area contributed by atoms with Crippen molar-refractivity contribution >= 4 is 0 Å². The molecule has 12 rings (SSSR count). The standard InChI is InChI=1S/C68H74N4O/c1-7-27-55(28-8-1)67(56-29-9-2-10-30-56,57-31-11-3-12-32-57)71-47-63(69-49-71)61-39-19-23-51(65(61)53-41-42-53)25-21-45-73-46-22-26-52-24-20-40-62(66(52)54-43-44-54)64-48-72(50-70-64)68(58-33-13-4-14-34-58,59-35-15-5-16-36-59)60-37-17-6-18-38-60/h1-18,27-38,47-54,61-62,65-66H,19-26,39-46H2/t51?,52?,61-,62-,65-,66-/m1/s1. The monoisotopic (exact) mass is 963 g/mol. The predicted octanol–water partition coefficient (Wildman–Crippen LogP) is 15.9. The molecule has 4 fully saturated rings. The highest BCUT2D eigenvalue weighted by molar-refractivity contribution is 5.52. The summed E-state index contributed by atoms with van der Waals surface area (Å²) in [6.07, 6.45) is 27.2. The summed E-state index contributed by atoms with van der Waals surface area (Å²) in [7, 11) is 0. The van der Waals surface area contributed by atoms with Crippen LogP contribution in [0.2, 0.25) is 0 Å². The van der Waals surface area contributed by atoms with E-state index < -0.39 is 11.1 Å². The third kappa shape index (κ3) is 9.48. The fourth-order valence-electron chi connectivity index (χ4n) is 14.8. The molecule has 4 aliphatic rings. The summed E-state index contributed by atoms with van der Waals surface area (Å²) in [5.41, 5.74) is 9.01. The summed E-state index contributed by atoms with van der Waals surface area (Å²) < 4.78 is 11.4. The van der Waals surface area contributed by atoms with Gasteiger partial charge in [0.2, 0.25) is 0 Å². The number of hydrogen-bond acceptors (Lipinski definition) is 3. The molecule has 0 amide bonds. The van der Waals surface area contributed by atoms with Crippen molar-refractivity contribution in [2.75, 3.05) is 13.2 Å². The largest absolute Gasteiger partial charge is 0.381 e. The Balaban J connectivity index is 0.698. The normalized spacial score (nSPS) is 22.5. The van der Waals surface area contributed by atoms with Gasteiger partial charge in [-0.2, -0.15) is 0 Å². The Labute approximate surface area is 435 Å². The fraction of sp³-hybridized carbons (Fsp3) is 0.382. The second kappa shape index (κ2) is 21.7. The van der Waals surface area contributed by atoms with Gasteiger partial charge in [-0.25, -0.2) is 9.97 Å². The summed E-state index contributed by atoms with van der Waals surface area (Å²) in [6, 6.07) is 66.3. The molecule has 6 aromatic carbocycles. The van der Waals surface area contributed by atoms with Gasteiger partial charge < -0.3 is 13.9 Å². The summed E-state index contributed by atoms with van der Waals surface area (Å²) in [5, 5.41) is 0. The number of imidazole rings is 2. The van der Waals surface area contributed by atoms with E-state index in [9.17, 15) is 0 Å². The van der Waals surface area contributed by atoms with Crippen LogP contribution in [-0.4, -0.2) is 32.3 Å². The lowest BCUT2D eigenvalue weighted by Crippen LogP contribution is -2.37. The number of benzene rings is 6. The molecule has 0 spiro atoms. The van der Waals surface area contributed by atoms with E-state index in [-0.39, 0.29) is 0 Å². The Kier molecular flexibility index (Phi) is 14.1. The molecule has 0 aliphatic heterocycles. The minimum absolute atomic E-state index is 0.500. The van der Waals surface area contributed by atoms with Gasteiger partial charge in [-0.3, -0.25) is 0 Å². The Morgan fingerprint density at radius 1 is 0.384 bits per heavy atom. The number of ether oxygens (including phenoxy) is 1. The number of rotatable bonds is 20. The number of hydrogen-bond donors (Lipinski definition) is 0. The molecule has 5 heteroatoms. The summed E-state index contributed by atoms with van der Waals surface area (Å²) >= 11 is 0. The molecule has 5 nitrogen and oxygen atoms in total. The van der Waals surface area contributed by atoms with Gasteiger partial charge in [-0.1, -0.05) is 208 Å². The van der Waals surface area contributed by atoms with E-state index in [0.29, 0.717) is 23.7 Å². The quantitative estimate of drug-likeness (QED) is 0.0565. The van der Waals surface area contributed by atoms with Crippen molar-refractivity contribution in [1.82, 2.24) is 19.1 Å². The summed E-state index contributed by atoms with van der Waals surface area (Å²) in [5.74, 6) is 5.54. The van der Waals surface area contributed by atoms with Crippen LogP contribution in [0.25, 0.3) is 0 Å². The van der Waals surface area contributed by atoms with Gasteiger partial charge in [-0.05, 0) is 133 Å². The van der Waals surface area contributed by atoms with E-state index in [1.807, 2.05) is 0 Å². The second-order valence-corrected chi connectivity index (χ2v) is 22.3. The van der Waals surface area contributed by atoms with Crippen LogP contribution in [0.3, 0.4) is 0 Å². The molecule has 73 heavy (non-hydrogen) atoms. The Hall–Kier alpha value is -6.30. The van der Waals surface area contributed by atoms with Crippen LogP contribution in [0.5, 0.6) is 0 Å². The molecule has 0 saturated heterocycles. The maximum atomic E-state index is 6.56. The first kappa shape index (κ1) is 47.7. The smallest absolute Gasteiger partial charge is 0.121 e. The predicted molar refractivity (Wildman–Crippen MR) is 296 cm³/mol. The van der Waals surface area contributed by atoms with Crippen LogP contribution in [0.15, 0.2) is 207 Å². The van der Waals surface area contributed by atoms with Crippen molar-refractivity contribution in [3.05, 3.63) is 252 Å². The average Bonchev–Trinajstić information content (AvgIpc) is 4.39. The second-order valence-electron chi connectivity index (χ2n) is 22.3. The minimum Gasteiger partial charge on any atom is -0.381 e. The molecule has 372 valence electrons. The first-order valence-corrected chi connectivity index (χ1v) is 28.2. The van der Waals surface area contributed by atoms with Gasteiger partial charge in [0.1, 0.15) is 11.1 Å². The lowest BCUT2D eigenvalue weighted by molar-refractivity contribution is 0.0951. The topological polar surface area (TPSA) is 44.9 Å². The molecule has 2 aromatic heterocycles. The molecular formula is C68H74N4O. The molecule has 2 heterocycles. The van der Waals surface area contributed by atoms with Crippen molar-refractivity contribution < 1.29 is 4.74 Å². The maximum absolute atomic E-state index is 6.56. The van der Waals surface area contributed by atoms with E-state index in [1.165, 1.54) is 122 Å². The third-order valence-electron chi connectivity index (χ3n) is 18.1. The van der Waals surface area contributed by atoms with Crippen LogP contribution < -0.4 is 0 Å². The van der Waals surface area contributed by atoms with Gasteiger partial charge in [0.25, 0.3) is 0 Å². The van der Waals surface area contributed by atoms with E-state index in [4.69, 9.17) is 14.7 Å². The Morgan fingerprint density at radius 2 is 0.685 bits per heavy atom. The van der Waals surface area contributed by atoms with Crippen molar-refractivity contribution in [2.45, 2.75) is 113 Å². The van der Waals surface area contributed by atoms with Gasteiger partial charge in [0, 0.05) is 37.4 Å². The van der Waals surface area contributed by atoms with Gasteiger partial charge in [0.15, 0.2) is 0 Å². The van der Waals surface area contributed by atoms with Gasteiger partial charge >= 0.3 is 0 Å². The van der Waals surface area contributed by atoms with Gasteiger partial charge in [0.05, 0.1) is 24.0 Å². The molecule has 4 aliphatic carbocycles. The molecule has 2 unspecified atom stereocenters. The third-order valence-corrected chi connectivity index (χ3v) is 18.1. The molecule has 4 saturated carbocycles. The Morgan fingerprint density at radius 3 is 0.973 bits per heavy atom. The Bertz CT molecular complexity index is 2550. The van der Waals surface area contributed by atoms with E-state index in [0.717, 1.165) is 49.7 Å². The molecule has 8 aromatic rings. The zero-order chi connectivity index (χ0) is 48.9. The lowest BCUT2D eigenvalue weighted by atomic mass is 9.67. The van der Waals surface area contributed by atoms with E-state index in [1.54, 1.807) is 0 Å². The van der Waals surface area contributed by atoms with Crippen LogP contribution >= 0.6 is 0 Å². The van der Waals surface area contributed by atoms with Crippen LogP contribution in [0.1, 0.15) is 146 Å². The highest BCUT2D eigenvalue weighted by Crippen LogP contribution is 2.56. The molecular weight excluding hydrogens is 889 g/mol. The fourth-order valence-corrected chi connectivity index (χ4v) is 14.8. The average molecular weight is 963 g/mol. The van der Waals surface area contributed by atoms with Gasteiger partial charge in [-0.15, -0.1) is 0 Å². The molecule has 0 N–H and O–H groups in total. The minimum atomic E-state index is -0.529. The van der Waals surface area contributed by atoms with E-state index >= 15 is 0 Å². The zero-order valence-electron chi connectivity index (χ0n) is 42.8. The highest BCUT2D eigenvalue weighted by atomic mass is 16.5. The molecule has 0 bridgehead atoms. The zero-order valence-corrected chi connectivity index (χ0v) is 42.8. The first-order chi connectivity index (χ1) is 36.2. The molecule has 0 radical (unpaired) electrons. The molecule has 6 atom stereocenters. The number of aromatic nitrogens is 4. The lowest BCUT2D eigenvalue weighted by Gasteiger charge is -2.39. The first-order valence-electron chi connectivity index (χ1n) is 28.2. The summed E-state index contributed by atoms with van der Waals surface area (Å²) in [4.78, 5) is 10.7. The van der Waals surface area contributed by atoms with Crippen LogP contribution in [-0.2, 0) is 15.8 Å². The van der Waals surface area contributed by atoms with Crippen LogP contribution in [0.4, 0.5) is 0 Å². The maximum Gasteiger partial charge on any atom is 0.121 e. The summed E-state index contributed by atoms with van der Waals surface area (Å²) in [6.45, 7) is 1.76. The van der Waals surface area contributed by atoms with Crippen molar-refractivity contribution in [3.63, 3.8) is 0 Å². The van der Waals surface area contributed by atoms with Crippen LogP contribution in [0, 0.1) is 35.5 Å². The highest BCUT2D eigenvalue weighted by Gasteiger charge is 2.47. The van der Waals surface area contributed by atoms with Crippen molar-refractivity contribution in [3.8, 4) is 0 Å². The van der Waals surface area contributed by atoms with E-state index in [2.05, 4.69) is 216 Å².